The van der Waals surface area contributed by atoms with Gasteiger partial charge < -0.3 is 0 Å². The van der Waals surface area contributed by atoms with Crippen LogP contribution in [0.3, 0.4) is 0 Å². The quantitative estimate of drug-likeness (QED) is 0.700. The van der Waals surface area contributed by atoms with E-state index in [0.717, 1.165) is 22.2 Å². The van der Waals surface area contributed by atoms with Gasteiger partial charge in [0, 0.05) is 17.1 Å². The normalized spacial score (nSPS) is 11.4. The molecule has 1 aromatic carbocycles. The van der Waals surface area contributed by atoms with Gasteiger partial charge in [-0.2, -0.15) is 0 Å². The molecule has 0 atom stereocenters. The first-order chi connectivity index (χ1) is 7.49. The molecule has 84 valence electrons. The molecule has 1 aromatic heterocycles. The third kappa shape index (κ3) is 1.80. The fourth-order valence-electron chi connectivity index (χ4n) is 1.85. The van der Waals surface area contributed by atoms with Crippen molar-refractivity contribution in [3.63, 3.8) is 0 Å². The van der Waals surface area contributed by atoms with Crippen LogP contribution in [0.15, 0.2) is 18.2 Å². The van der Waals surface area contributed by atoms with Crippen LogP contribution in [0.2, 0.25) is 0 Å². The number of aryl methyl sites for hydroxylation is 2. The number of hydrogen-bond donors (Lipinski definition) is 0. The summed E-state index contributed by atoms with van der Waals surface area (Å²) in [4.78, 5) is 4.50. The number of rotatable bonds is 1. The van der Waals surface area contributed by atoms with Gasteiger partial charge in [-0.25, -0.2) is 4.39 Å². The van der Waals surface area contributed by atoms with E-state index in [4.69, 9.17) is 0 Å². The van der Waals surface area contributed by atoms with Crippen LogP contribution in [-0.4, -0.2) is 4.98 Å². The fraction of sp³-hybridized carbons (Fsp3) is 0.357. The molecular weight excluding hydrogens is 201 g/mol. The Morgan fingerprint density at radius 1 is 1.06 bits per heavy atom. The Morgan fingerprint density at radius 2 is 1.75 bits per heavy atom. The summed E-state index contributed by atoms with van der Waals surface area (Å²) in [5, 5.41) is 1.04. The highest BCUT2D eigenvalue weighted by molar-refractivity contribution is 5.83. The Hall–Kier alpha value is -1.44. The van der Waals surface area contributed by atoms with Gasteiger partial charge in [-0.1, -0.05) is 13.8 Å². The second-order valence-electron chi connectivity index (χ2n) is 4.64. The minimum absolute atomic E-state index is 0.180. The molecule has 0 aliphatic heterocycles. The van der Waals surface area contributed by atoms with Crippen LogP contribution in [0, 0.1) is 19.7 Å². The van der Waals surface area contributed by atoms with Crippen molar-refractivity contribution in [1.29, 1.82) is 0 Å². The van der Waals surface area contributed by atoms with Gasteiger partial charge in [0.2, 0.25) is 0 Å². The van der Waals surface area contributed by atoms with E-state index in [1.54, 1.807) is 6.92 Å². The molecule has 1 heterocycles. The van der Waals surface area contributed by atoms with E-state index in [1.165, 1.54) is 6.07 Å². The van der Waals surface area contributed by atoms with Crippen molar-refractivity contribution in [3.8, 4) is 0 Å². The molecule has 0 bridgehead atoms. The highest BCUT2D eigenvalue weighted by atomic mass is 19.1. The molecule has 0 aliphatic rings. The fourth-order valence-corrected chi connectivity index (χ4v) is 1.85. The van der Waals surface area contributed by atoms with Crippen molar-refractivity contribution < 1.29 is 4.39 Å². The standard InChI is InChI=1S/C14H16FN/c1-8(2)13-6-9(3)11-5-10(4)12(15)7-14(11)16-13/h5-8H,1-4H3. The summed E-state index contributed by atoms with van der Waals surface area (Å²) in [6, 6.07) is 5.49. The van der Waals surface area contributed by atoms with Gasteiger partial charge in [0.1, 0.15) is 5.82 Å². The molecule has 0 spiro atoms. The lowest BCUT2D eigenvalue weighted by atomic mass is 10.0. The zero-order chi connectivity index (χ0) is 11.9. The Kier molecular flexibility index (Phi) is 2.66. The van der Waals surface area contributed by atoms with Gasteiger partial charge in [0.05, 0.1) is 5.52 Å². The third-order valence-electron chi connectivity index (χ3n) is 2.91. The zero-order valence-corrected chi connectivity index (χ0v) is 10.1. The second kappa shape index (κ2) is 3.85. The van der Waals surface area contributed by atoms with Gasteiger partial charge in [0.15, 0.2) is 0 Å². The average Bonchev–Trinajstić information content (AvgIpc) is 2.20. The maximum Gasteiger partial charge on any atom is 0.128 e. The number of fused-ring (bicyclic) bond motifs is 1. The molecule has 0 saturated heterocycles. The van der Waals surface area contributed by atoms with Gasteiger partial charge in [-0.3, -0.25) is 4.98 Å². The number of aromatic nitrogens is 1. The molecule has 0 radical (unpaired) electrons. The predicted octanol–water partition coefficient (Wildman–Crippen LogP) is 4.11. The van der Waals surface area contributed by atoms with E-state index in [0.29, 0.717) is 11.5 Å². The molecule has 1 nitrogen and oxygen atoms in total. The lowest BCUT2D eigenvalue weighted by Crippen LogP contribution is -1.96. The SMILES string of the molecule is Cc1cc2c(C)cc(C(C)C)nc2cc1F. The summed E-state index contributed by atoms with van der Waals surface area (Å²) in [5.41, 5.74) is 3.62. The van der Waals surface area contributed by atoms with Crippen LogP contribution in [0.1, 0.15) is 36.6 Å². The third-order valence-corrected chi connectivity index (χ3v) is 2.91. The van der Waals surface area contributed by atoms with Crippen molar-refractivity contribution >= 4 is 10.9 Å². The molecule has 16 heavy (non-hydrogen) atoms. The molecule has 2 rings (SSSR count). The first kappa shape index (κ1) is 11.1. The number of halogens is 1. The smallest absolute Gasteiger partial charge is 0.128 e. The highest BCUT2D eigenvalue weighted by Crippen LogP contribution is 2.24. The van der Waals surface area contributed by atoms with Crippen molar-refractivity contribution in [2.24, 2.45) is 0 Å². The highest BCUT2D eigenvalue weighted by Gasteiger charge is 2.08. The molecule has 0 fully saturated rings. The summed E-state index contributed by atoms with van der Waals surface area (Å²) < 4.78 is 13.5. The molecule has 0 N–H and O–H groups in total. The van der Waals surface area contributed by atoms with Gasteiger partial charge in [0.25, 0.3) is 0 Å². The van der Waals surface area contributed by atoms with Crippen LogP contribution >= 0.6 is 0 Å². The minimum Gasteiger partial charge on any atom is -0.252 e. The Balaban J connectivity index is 2.77. The van der Waals surface area contributed by atoms with Crippen molar-refractivity contribution in [2.75, 3.05) is 0 Å². The summed E-state index contributed by atoms with van der Waals surface area (Å²) in [6.07, 6.45) is 0. The Bertz CT molecular complexity index is 544. The van der Waals surface area contributed by atoms with Crippen LogP contribution in [0.4, 0.5) is 4.39 Å². The topological polar surface area (TPSA) is 12.9 Å². The van der Waals surface area contributed by atoms with Gasteiger partial charge in [-0.15, -0.1) is 0 Å². The lowest BCUT2D eigenvalue weighted by molar-refractivity contribution is 0.620. The molecule has 0 saturated carbocycles. The molecule has 0 unspecified atom stereocenters. The summed E-state index contributed by atoms with van der Waals surface area (Å²) >= 11 is 0. The molecule has 2 heteroatoms. The Labute approximate surface area is 95.3 Å². The van der Waals surface area contributed by atoms with E-state index in [1.807, 2.05) is 13.0 Å². The van der Waals surface area contributed by atoms with E-state index < -0.39 is 0 Å². The largest absolute Gasteiger partial charge is 0.252 e. The lowest BCUT2D eigenvalue weighted by Gasteiger charge is -2.10. The first-order valence-corrected chi connectivity index (χ1v) is 5.56. The minimum atomic E-state index is -0.180. The van der Waals surface area contributed by atoms with E-state index in [-0.39, 0.29) is 5.82 Å². The zero-order valence-electron chi connectivity index (χ0n) is 10.1. The van der Waals surface area contributed by atoms with Gasteiger partial charge in [-0.05, 0) is 43.0 Å². The van der Waals surface area contributed by atoms with Crippen LogP contribution in [0.5, 0.6) is 0 Å². The average molecular weight is 217 g/mol. The van der Waals surface area contributed by atoms with E-state index in [2.05, 4.69) is 24.9 Å². The second-order valence-corrected chi connectivity index (χ2v) is 4.64. The van der Waals surface area contributed by atoms with Crippen molar-refractivity contribution in [2.45, 2.75) is 33.6 Å². The molecule has 2 aromatic rings. The number of nitrogens with zero attached hydrogens (tertiary/aromatic N) is 1. The summed E-state index contributed by atoms with van der Waals surface area (Å²) in [6.45, 7) is 8.02. The van der Waals surface area contributed by atoms with Crippen LogP contribution in [-0.2, 0) is 0 Å². The molecule has 0 amide bonds. The number of benzene rings is 1. The molecule has 0 aliphatic carbocycles. The van der Waals surface area contributed by atoms with E-state index in [9.17, 15) is 4.39 Å². The van der Waals surface area contributed by atoms with Crippen LogP contribution in [0.25, 0.3) is 10.9 Å². The summed E-state index contributed by atoms with van der Waals surface area (Å²) in [5.74, 6) is 0.188. The maximum absolute atomic E-state index is 13.5. The van der Waals surface area contributed by atoms with Crippen molar-refractivity contribution in [3.05, 3.63) is 40.8 Å². The van der Waals surface area contributed by atoms with Gasteiger partial charge >= 0.3 is 0 Å². The van der Waals surface area contributed by atoms with E-state index >= 15 is 0 Å². The monoisotopic (exact) mass is 217 g/mol. The summed E-state index contributed by atoms with van der Waals surface area (Å²) in [7, 11) is 0. The molecular formula is C14H16FN. The Morgan fingerprint density at radius 3 is 2.38 bits per heavy atom. The van der Waals surface area contributed by atoms with Crippen LogP contribution < -0.4 is 0 Å². The van der Waals surface area contributed by atoms with Crippen molar-refractivity contribution in [1.82, 2.24) is 4.98 Å². The first-order valence-electron chi connectivity index (χ1n) is 5.56. The number of pyridine rings is 1. The maximum atomic E-state index is 13.5. The number of hydrogen-bond acceptors (Lipinski definition) is 1. The predicted molar refractivity (Wildman–Crippen MR) is 65.3 cm³/mol.